The van der Waals surface area contributed by atoms with Crippen LogP contribution in [-0.2, 0) is 24.3 Å². The summed E-state index contributed by atoms with van der Waals surface area (Å²) in [5.41, 5.74) is -1.07. The van der Waals surface area contributed by atoms with Gasteiger partial charge in [0.25, 0.3) is 0 Å². The van der Waals surface area contributed by atoms with Gasteiger partial charge in [0, 0.05) is 13.5 Å². The van der Waals surface area contributed by atoms with Gasteiger partial charge >= 0.3 is 15.4 Å². The highest BCUT2D eigenvalue weighted by molar-refractivity contribution is 7.86. The van der Waals surface area contributed by atoms with E-state index >= 15 is 0 Å². The van der Waals surface area contributed by atoms with Gasteiger partial charge in [-0.2, -0.15) is 17.2 Å². The molecule has 1 N–H and O–H groups in total. The van der Waals surface area contributed by atoms with Crippen molar-refractivity contribution in [1.82, 2.24) is 0 Å². The van der Waals surface area contributed by atoms with E-state index in [0.29, 0.717) is 18.8 Å². The third-order valence-electron chi connectivity index (χ3n) is 6.06. The van der Waals surface area contributed by atoms with Gasteiger partial charge in [0.05, 0.1) is 23.9 Å². The molecule has 4 aliphatic carbocycles. The minimum Gasteiger partial charge on any atom is -0.378 e. The van der Waals surface area contributed by atoms with Gasteiger partial charge in [0.1, 0.15) is 6.61 Å². The second-order valence-corrected chi connectivity index (χ2v) is 10.4. The number of hydrogen-bond acceptors (Lipinski definition) is 5. The summed E-state index contributed by atoms with van der Waals surface area (Å²) in [7, 11) is -3.81. The highest BCUT2D eigenvalue weighted by Gasteiger charge is 2.64. The van der Waals surface area contributed by atoms with E-state index in [2.05, 4.69) is 0 Å². The van der Waals surface area contributed by atoms with Gasteiger partial charge in [-0.25, -0.2) is 0 Å². The quantitative estimate of drug-likeness (QED) is 0.633. The molecule has 0 aromatic heterocycles. The number of alkyl halides is 2. The molecule has 4 unspecified atom stereocenters. The third kappa shape index (κ3) is 3.65. The molecule has 26 heavy (non-hydrogen) atoms. The first kappa shape index (κ1) is 20.4. The molecule has 0 spiro atoms. The molecule has 0 amide bonds. The first-order valence-corrected chi connectivity index (χ1v) is 10.4. The van der Waals surface area contributed by atoms with Crippen LogP contribution in [0.1, 0.15) is 52.4 Å². The SMILES string of the molecule is COC12CC3CC(COCC(F)(F)S(=O)(=O)O)(C1)CC(OC(C)C)(C3)C2. The molecule has 0 aromatic rings. The molecule has 0 heterocycles. The minimum absolute atomic E-state index is 0.00290. The van der Waals surface area contributed by atoms with Crippen molar-refractivity contribution in [3.63, 3.8) is 0 Å². The Bertz CT molecular complexity index is 650. The van der Waals surface area contributed by atoms with Crippen LogP contribution in [-0.4, -0.2) is 55.9 Å². The first-order chi connectivity index (χ1) is 11.8. The molecule has 152 valence electrons. The van der Waals surface area contributed by atoms with Gasteiger partial charge in [-0.05, 0) is 57.3 Å². The van der Waals surface area contributed by atoms with E-state index < -0.39 is 22.0 Å². The Labute approximate surface area is 153 Å². The van der Waals surface area contributed by atoms with Crippen molar-refractivity contribution in [2.45, 2.75) is 74.9 Å². The first-order valence-electron chi connectivity index (χ1n) is 9.00. The normalized spacial score (nSPS) is 39.7. The van der Waals surface area contributed by atoms with E-state index in [-0.39, 0.29) is 29.3 Å². The van der Waals surface area contributed by atoms with Gasteiger partial charge < -0.3 is 14.2 Å². The summed E-state index contributed by atoms with van der Waals surface area (Å²) in [5.74, 6) is 0.371. The molecule has 6 nitrogen and oxygen atoms in total. The fourth-order valence-corrected chi connectivity index (χ4v) is 6.17. The summed E-state index contributed by atoms with van der Waals surface area (Å²) in [6.45, 7) is 2.61. The molecule has 4 fully saturated rings. The predicted molar refractivity (Wildman–Crippen MR) is 89.6 cm³/mol. The highest BCUT2D eigenvalue weighted by atomic mass is 32.2. The van der Waals surface area contributed by atoms with Crippen LogP contribution in [0.3, 0.4) is 0 Å². The van der Waals surface area contributed by atoms with Crippen LogP contribution in [0, 0.1) is 11.3 Å². The van der Waals surface area contributed by atoms with Crippen LogP contribution in [0.15, 0.2) is 0 Å². The average Bonchev–Trinajstić information content (AvgIpc) is 2.42. The summed E-state index contributed by atoms with van der Waals surface area (Å²) >= 11 is 0. The molecule has 4 bridgehead atoms. The van der Waals surface area contributed by atoms with Crippen molar-refractivity contribution < 1.29 is 36.0 Å². The Hall–Kier alpha value is -0.350. The lowest BCUT2D eigenvalue weighted by Gasteiger charge is -2.65. The Morgan fingerprint density at radius 2 is 1.77 bits per heavy atom. The van der Waals surface area contributed by atoms with Gasteiger partial charge in [-0.3, -0.25) is 4.55 Å². The summed E-state index contributed by atoms with van der Waals surface area (Å²) in [5, 5.41) is -4.31. The van der Waals surface area contributed by atoms with E-state index in [4.69, 9.17) is 18.8 Å². The summed E-state index contributed by atoms with van der Waals surface area (Å²) in [4.78, 5) is 0. The van der Waals surface area contributed by atoms with Crippen LogP contribution in [0.5, 0.6) is 0 Å². The fraction of sp³-hybridized carbons (Fsp3) is 1.00. The molecule has 4 rings (SSSR count). The molecule has 0 aromatic carbocycles. The smallest absolute Gasteiger partial charge is 0.378 e. The van der Waals surface area contributed by atoms with Gasteiger partial charge in [0.2, 0.25) is 0 Å². The molecule has 0 saturated heterocycles. The third-order valence-corrected chi connectivity index (χ3v) is 6.93. The molecule has 4 atom stereocenters. The average molecular weight is 398 g/mol. The van der Waals surface area contributed by atoms with Crippen LogP contribution in [0.2, 0.25) is 0 Å². The predicted octanol–water partition coefficient (Wildman–Crippen LogP) is 3.02. The van der Waals surface area contributed by atoms with E-state index in [0.717, 1.165) is 25.7 Å². The van der Waals surface area contributed by atoms with E-state index in [1.807, 2.05) is 13.8 Å². The lowest BCUT2D eigenvalue weighted by atomic mass is 9.46. The van der Waals surface area contributed by atoms with Crippen molar-refractivity contribution in [3.8, 4) is 0 Å². The van der Waals surface area contributed by atoms with Crippen LogP contribution in [0.25, 0.3) is 0 Å². The standard InChI is InChI=1S/C17H28F2O6S/c1-12(2)25-16-6-13-4-14(8-16,7-15(5-13,9-16)23-3)10-24-11-17(18,19)26(20,21)22/h12-13H,4-11H2,1-3H3,(H,20,21,22). The lowest BCUT2D eigenvalue weighted by Crippen LogP contribution is -2.66. The monoisotopic (exact) mass is 398 g/mol. The molecular weight excluding hydrogens is 370 g/mol. The maximum Gasteiger partial charge on any atom is 0.392 e. The van der Waals surface area contributed by atoms with Crippen LogP contribution >= 0.6 is 0 Å². The van der Waals surface area contributed by atoms with Crippen molar-refractivity contribution in [3.05, 3.63) is 0 Å². The topological polar surface area (TPSA) is 82.1 Å². The second kappa shape index (κ2) is 6.34. The van der Waals surface area contributed by atoms with Crippen LogP contribution < -0.4 is 0 Å². The van der Waals surface area contributed by atoms with Gasteiger partial charge in [0.15, 0.2) is 0 Å². The Morgan fingerprint density at radius 1 is 1.15 bits per heavy atom. The van der Waals surface area contributed by atoms with Crippen molar-refractivity contribution in [2.24, 2.45) is 11.3 Å². The maximum atomic E-state index is 13.5. The molecule has 4 aliphatic rings. The Balaban J connectivity index is 1.76. The van der Waals surface area contributed by atoms with Crippen LogP contribution in [0.4, 0.5) is 8.78 Å². The number of hydrogen-bond donors (Lipinski definition) is 1. The Morgan fingerprint density at radius 3 is 2.35 bits per heavy atom. The molecule has 4 saturated carbocycles. The van der Waals surface area contributed by atoms with Crippen molar-refractivity contribution >= 4 is 10.1 Å². The number of methoxy groups -OCH3 is 1. The molecule has 0 radical (unpaired) electrons. The molecule has 9 heteroatoms. The maximum absolute atomic E-state index is 13.5. The zero-order valence-electron chi connectivity index (χ0n) is 15.5. The number of ether oxygens (including phenoxy) is 3. The summed E-state index contributed by atoms with van der Waals surface area (Å²) in [6, 6.07) is 0. The van der Waals surface area contributed by atoms with Gasteiger partial charge in [-0.15, -0.1) is 0 Å². The minimum atomic E-state index is -5.48. The van der Waals surface area contributed by atoms with E-state index in [1.165, 1.54) is 0 Å². The van der Waals surface area contributed by atoms with Crippen molar-refractivity contribution in [2.75, 3.05) is 20.3 Å². The van der Waals surface area contributed by atoms with E-state index in [1.54, 1.807) is 7.11 Å². The number of rotatable bonds is 8. The number of halogens is 2. The zero-order valence-corrected chi connectivity index (χ0v) is 16.3. The molecular formula is C17H28F2O6S. The highest BCUT2D eigenvalue weighted by Crippen LogP contribution is 2.65. The lowest BCUT2D eigenvalue weighted by molar-refractivity contribution is -0.272. The fourth-order valence-electron chi connectivity index (χ4n) is 5.94. The van der Waals surface area contributed by atoms with Crippen molar-refractivity contribution in [1.29, 1.82) is 0 Å². The summed E-state index contributed by atoms with van der Waals surface area (Å²) in [6.07, 6.45) is 4.90. The molecule has 0 aliphatic heterocycles. The van der Waals surface area contributed by atoms with E-state index in [9.17, 15) is 17.2 Å². The van der Waals surface area contributed by atoms with Gasteiger partial charge in [-0.1, -0.05) is 0 Å². The zero-order chi connectivity index (χ0) is 19.4. The largest absolute Gasteiger partial charge is 0.392 e. The summed E-state index contributed by atoms with van der Waals surface area (Å²) < 4.78 is 74.4. The Kier molecular flexibility index (Phi) is 4.97. The second-order valence-electron chi connectivity index (χ2n) is 8.85.